The summed E-state index contributed by atoms with van der Waals surface area (Å²) in [5, 5.41) is 5.61. The molecule has 1 aliphatic heterocycles. The Kier molecular flexibility index (Phi) is 13.9. The lowest BCUT2D eigenvalue weighted by Crippen LogP contribution is -2.55. The molecule has 0 saturated carbocycles. The molecule has 2 amide bonds. The number of nitrogens with zero attached hydrogens (tertiary/aromatic N) is 1. The molecule has 2 rings (SSSR count). The fourth-order valence-corrected chi connectivity index (χ4v) is 3.26. The van der Waals surface area contributed by atoms with E-state index in [-0.39, 0.29) is 61.2 Å². The van der Waals surface area contributed by atoms with Crippen molar-refractivity contribution in [2.24, 2.45) is 11.7 Å². The minimum absolute atomic E-state index is 0. The molecule has 7 nitrogen and oxygen atoms in total. The molecule has 3 atom stereocenters. The van der Waals surface area contributed by atoms with Crippen molar-refractivity contribution in [2.75, 3.05) is 26.2 Å². The molecule has 172 valence electrons. The zero-order valence-corrected chi connectivity index (χ0v) is 19.6. The first kappa shape index (κ1) is 28.6. The van der Waals surface area contributed by atoms with Gasteiger partial charge in [0.05, 0.1) is 31.3 Å². The summed E-state index contributed by atoms with van der Waals surface area (Å²) in [5.74, 6) is -0.501. The first-order chi connectivity index (χ1) is 13.4. The normalized spacial score (nSPS) is 18.5. The number of benzene rings is 1. The number of carbonyl (C=O) groups excluding carboxylic acids is 2. The number of ether oxygens (including phenoxy) is 1. The molecule has 0 aliphatic carbocycles. The maximum absolute atomic E-state index is 12.3. The van der Waals surface area contributed by atoms with Gasteiger partial charge in [0.2, 0.25) is 11.8 Å². The lowest BCUT2D eigenvalue weighted by Gasteiger charge is -2.37. The van der Waals surface area contributed by atoms with Crippen LogP contribution in [0.25, 0.3) is 0 Å². The molecule has 1 fully saturated rings. The second kappa shape index (κ2) is 14.6. The van der Waals surface area contributed by atoms with E-state index in [1.165, 1.54) is 5.56 Å². The van der Waals surface area contributed by atoms with Crippen LogP contribution in [-0.2, 0) is 20.9 Å². The van der Waals surface area contributed by atoms with Crippen molar-refractivity contribution >= 4 is 36.6 Å². The van der Waals surface area contributed by atoms with Gasteiger partial charge < -0.3 is 21.1 Å². The van der Waals surface area contributed by atoms with Crippen LogP contribution in [0.4, 0.5) is 0 Å². The molecule has 1 aliphatic rings. The average Bonchev–Trinajstić information content (AvgIpc) is 2.70. The largest absolute Gasteiger partial charge is 0.373 e. The Morgan fingerprint density at radius 2 is 1.90 bits per heavy atom. The molecular formula is C21H36Cl2N4O3. The molecule has 0 radical (unpaired) electrons. The molecular weight excluding hydrogens is 427 g/mol. The minimum Gasteiger partial charge on any atom is -0.373 e. The predicted molar refractivity (Wildman–Crippen MR) is 124 cm³/mol. The third kappa shape index (κ3) is 9.18. The van der Waals surface area contributed by atoms with E-state index in [9.17, 15) is 9.59 Å². The zero-order chi connectivity index (χ0) is 20.5. The Balaban J connectivity index is 0.00000420. The Morgan fingerprint density at radius 3 is 2.50 bits per heavy atom. The maximum Gasteiger partial charge on any atom is 0.239 e. The van der Waals surface area contributed by atoms with Crippen LogP contribution < -0.4 is 16.4 Å². The van der Waals surface area contributed by atoms with Crippen LogP contribution >= 0.6 is 24.8 Å². The van der Waals surface area contributed by atoms with Gasteiger partial charge in [0.1, 0.15) is 0 Å². The van der Waals surface area contributed by atoms with Crippen molar-refractivity contribution < 1.29 is 14.3 Å². The van der Waals surface area contributed by atoms with Gasteiger partial charge in [0, 0.05) is 19.6 Å². The summed E-state index contributed by atoms with van der Waals surface area (Å²) < 4.78 is 5.93. The minimum atomic E-state index is -0.608. The van der Waals surface area contributed by atoms with Gasteiger partial charge in [0.25, 0.3) is 0 Å². The predicted octanol–water partition coefficient (Wildman–Crippen LogP) is 1.73. The summed E-state index contributed by atoms with van der Waals surface area (Å²) in [6.45, 7) is 8.85. The Bertz CT molecular complexity index is 634. The van der Waals surface area contributed by atoms with Gasteiger partial charge in [-0.05, 0) is 17.9 Å². The van der Waals surface area contributed by atoms with E-state index < -0.39 is 6.04 Å². The van der Waals surface area contributed by atoms with Crippen molar-refractivity contribution in [3.05, 3.63) is 35.9 Å². The Labute approximate surface area is 192 Å². The highest BCUT2D eigenvalue weighted by molar-refractivity contribution is 5.87. The van der Waals surface area contributed by atoms with Gasteiger partial charge in [-0.15, -0.1) is 24.8 Å². The van der Waals surface area contributed by atoms with E-state index in [2.05, 4.69) is 27.7 Å². The molecule has 0 aromatic heterocycles. The summed E-state index contributed by atoms with van der Waals surface area (Å²) in [6, 6.07) is 9.64. The maximum atomic E-state index is 12.3. The highest BCUT2D eigenvalue weighted by atomic mass is 35.5. The summed E-state index contributed by atoms with van der Waals surface area (Å²) in [7, 11) is 0. The van der Waals surface area contributed by atoms with Crippen LogP contribution in [0.5, 0.6) is 0 Å². The van der Waals surface area contributed by atoms with Crippen LogP contribution in [-0.4, -0.2) is 61.1 Å². The zero-order valence-electron chi connectivity index (χ0n) is 18.0. The lowest BCUT2D eigenvalue weighted by atomic mass is 10.0. The number of hydrogen-bond acceptors (Lipinski definition) is 5. The fourth-order valence-electron chi connectivity index (χ4n) is 3.26. The molecule has 9 heteroatoms. The summed E-state index contributed by atoms with van der Waals surface area (Å²) in [6.07, 6.45) is 0.690. The first-order valence-corrected chi connectivity index (χ1v) is 10.1. The molecule has 30 heavy (non-hydrogen) atoms. The monoisotopic (exact) mass is 462 g/mol. The Hall–Kier alpha value is -1.38. The first-order valence-electron chi connectivity index (χ1n) is 10.1. The number of hydrogen-bond donors (Lipinski definition) is 3. The van der Waals surface area contributed by atoms with Crippen LogP contribution in [0.1, 0.15) is 32.8 Å². The van der Waals surface area contributed by atoms with E-state index in [4.69, 9.17) is 10.5 Å². The third-order valence-electron chi connectivity index (χ3n) is 5.11. The number of carbonyl (C=O) groups is 2. The van der Waals surface area contributed by atoms with E-state index in [1.54, 1.807) is 0 Å². The SMILES string of the molecule is CCC(NC(=O)CNC(=O)[C@@H](N)C(C)C)C1CN(Cc2ccccc2)CCO1.Cl.Cl. The van der Waals surface area contributed by atoms with Crippen LogP contribution in [0, 0.1) is 5.92 Å². The molecule has 1 aromatic carbocycles. The van der Waals surface area contributed by atoms with E-state index >= 15 is 0 Å². The second-order valence-electron chi connectivity index (χ2n) is 7.70. The van der Waals surface area contributed by atoms with E-state index in [0.29, 0.717) is 6.61 Å². The van der Waals surface area contributed by atoms with Gasteiger partial charge >= 0.3 is 0 Å². The number of halogens is 2. The molecule has 0 bridgehead atoms. The van der Waals surface area contributed by atoms with Crippen molar-refractivity contribution in [3.8, 4) is 0 Å². The molecule has 2 unspecified atom stereocenters. The molecule has 1 saturated heterocycles. The van der Waals surface area contributed by atoms with Crippen LogP contribution in [0.3, 0.4) is 0 Å². The second-order valence-corrected chi connectivity index (χ2v) is 7.70. The fraction of sp³-hybridized carbons (Fsp3) is 0.619. The molecule has 4 N–H and O–H groups in total. The Morgan fingerprint density at radius 1 is 1.23 bits per heavy atom. The molecule has 1 aromatic rings. The van der Waals surface area contributed by atoms with E-state index in [1.807, 2.05) is 39.0 Å². The van der Waals surface area contributed by atoms with E-state index in [0.717, 1.165) is 26.1 Å². The number of nitrogens with one attached hydrogen (secondary N) is 2. The van der Waals surface area contributed by atoms with Gasteiger partial charge in [-0.3, -0.25) is 14.5 Å². The van der Waals surface area contributed by atoms with Gasteiger partial charge in [0.15, 0.2) is 0 Å². The van der Waals surface area contributed by atoms with Gasteiger partial charge in [-0.2, -0.15) is 0 Å². The van der Waals surface area contributed by atoms with Crippen LogP contribution in [0.15, 0.2) is 30.3 Å². The van der Waals surface area contributed by atoms with Crippen LogP contribution in [0.2, 0.25) is 0 Å². The third-order valence-corrected chi connectivity index (χ3v) is 5.11. The molecule has 1 heterocycles. The highest BCUT2D eigenvalue weighted by Crippen LogP contribution is 2.14. The van der Waals surface area contributed by atoms with Crippen molar-refractivity contribution in [2.45, 2.75) is 51.9 Å². The van der Waals surface area contributed by atoms with Crippen molar-refractivity contribution in [3.63, 3.8) is 0 Å². The summed E-state index contributed by atoms with van der Waals surface area (Å²) >= 11 is 0. The lowest BCUT2D eigenvalue weighted by molar-refractivity contribution is -0.128. The van der Waals surface area contributed by atoms with Crippen molar-refractivity contribution in [1.82, 2.24) is 15.5 Å². The summed E-state index contributed by atoms with van der Waals surface area (Å²) in [5.41, 5.74) is 7.07. The van der Waals surface area contributed by atoms with Crippen molar-refractivity contribution in [1.29, 1.82) is 0 Å². The number of nitrogens with two attached hydrogens (primary N) is 1. The number of morpholine rings is 1. The highest BCUT2D eigenvalue weighted by Gasteiger charge is 2.28. The quantitative estimate of drug-likeness (QED) is 0.518. The molecule has 0 spiro atoms. The van der Waals surface area contributed by atoms with Gasteiger partial charge in [-0.1, -0.05) is 51.1 Å². The number of amides is 2. The average molecular weight is 463 g/mol. The summed E-state index contributed by atoms with van der Waals surface area (Å²) in [4.78, 5) is 26.6. The standard InChI is InChI=1S/C21H34N4O3.2ClH/c1-4-17(24-19(26)12-23-21(27)20(22)15(2)3)18-14-25(10-11-28-18)13-16-8-6-5-7-9-16;;/h5-9,15,17-18,20H,4,10-14,22H2,1-3H3,(H,23,27)(H,24,26);2*1H/t17?,18?,20-;;/m0../s1. The smallest absolute Gasteiger partial charge is 0.239 e. The number of rotatable bonds is 9. The van der Waals surface area contributed by atoms with Gasteiger partial charge in [-0.25, -0.2) is 0 Å². The topological polar surface area (TPSA) is 96.7 Å².